The Morgan fingerprint density at radius 3 is 2.56 bits per heavy atom. The molecule has 0 aliphatic heterocycles. The molecule has 0 radical (unpaired) electrons. The number of thioether (sulfide) groups is 1. The molecule has 2 rings (SSSR count). The topological polar surface area (TPSA) is 26.3 Å². The second-order valence-corrected chi connectivity index (χ2v) is 7.00. The van der Waals surface area contributed by atoms with E-state index in [0.29, 0.717) is 5.75 Å². The van der Waals surface area contributed by atoms with Gasteiger partial charge in [0.2, 0.25) is 0 Å². The van der Waals surface area contributed by atoms with E-state index in [1.165, 1.54) is 23.1 Å². The zero-order chi connectivity index (χ0) is 13.0. The summed E-state index contributed by atoms with van der Waals surface area (Å²) >= 11 is 6.37. The molecule has 0 unspecified atom stereocenters. The molecule has 94 valence electrons. The first-order chi connectivity index (χ1) is 8.69. The molecule has 1 aromatic heterocycles. The normalized spacial score (nSPS) is 10.3. The SMILES string of the molecule is COc1ccc(SCC(=O)c2ccc(Br)s2)cc1. The van der Waals surface area contributed by atoms with Gasteiger partial charge in [0.15, 0.2) is 5.78 Å². The van der Waals surface area contributed by atoms with E-state index in [2.05, 4.69) is 15.9 Å². The zero-order valence-corrected chi connectivity index (χ0v) is 12.9. The van der Waals surface area contributed by atoms with Crippen molar-refractivity contribution in [1.29, 1.82) is 0 Å². The van der Waals surface area contributed by atoms with Gasteiger partial charge in [-0.15, -0.1) is 23.1 Å². The molecule has 0 aliphatic carbocycles. The second-order valence-electron chi connectivity index (χ2n) is 3.49. The molecule has 5 heteroatoms. The van der Waals surface area contributed by atoms with Crippen LogP contribution in [0.2, 0.25) is 0 Å². The van der Waals surface area contributed by atoms with Crippen LogP contribution in [-0.4, -0.2) is 18.6 Å². The third-order valence-corrected chi connectivity index (χ3v) is 4.95. The van der Waals surface area contributed by atoms with Gasteiger partial charge in [0, 0.05) is 4.90 Å². The Balaban J connectivity index is 1.92. The van der Waals surface area contributed by atoms with Gasteiger partial charge in [-0.2, -0.15) is 0 Å². The first kappa shape index (κ1) is 13.6. The van der Waals surface area contributed by atoms with E-state index in [4.69, 9.17) is 4.74 Å². The number of ether oxygens (including phenoxy) is 1. The highest BCUT2D eigenvalue weighted by molar-refractivity contribution is 9.11. The maximum atomic E-state index is 11.9. The van der Waals surface area contributed by atoms with Crippen molar-refractivity contribution in [2.75, 3.05) is 12.9 Å². The lowest BCUT2D eigenvalue weighted by molar-refractivity contribution is 0.102. The monoisotopic (exact) mass is 342 g/mol. The number of Topliss-reactive ketones (excluding diaryl/α,β-unsaturated/α-hetero) is 1. The predicted molar refractivity (Wildman–Crippen MR) is 80.1 cm³/mol. The third-order valence-electron chi connectivity index (χ3n) is 2.28. The number of hydrogen-bond donors (Lipinski definition) is 0. The van der Waals surface area contributed by atoms with Crippen molar-refractivity contribution in [2.45, 2.75) is 4.90 Å². The highest BCUT2D eigenvalue weighted by Crippen LogP contribution is 2.26. The standard InChI is InChI=1S/C13H11BrO2S2/c1-16-9-2-4-10(5-3-9)17-8-11(15)12-6-7-13(14)18-12/h2-7H,8H2,1H3. The summed E-state index contributed by atoms with van der Waals surface area (Å²) in [6, 6.07) is 11.5. The zero-order valence-electron chi connectivity index (χ0n) is 9.68. The highest BCUT2D eigenvalue weighted by Gasteiger charge is 2.09. The van der Waals surface area contributed by atoms with Gasteiger partial charge in [-0.3, -0.25) is 4.79 Å². The van der Waals surface area contributed by atoms with Crippen molar-refractivity contribution in [1.82, 2.24) is 0 Å². The Bertz CT molecular complexity index is 534. The van der Waals surface area contributed by atoms with Crippen LogP contribution in [-0.2, 0) is 0 Å². The molecule has 0 atom stereocenters. The summed E-state index contributed by atoms with van der Waals surface area (Å²) in [5.41, 5.74) is 0. The molecule has 0 N–H and O–H groups in total. The van der Waals surface area contributed by atoms with Crippen LogP contribution in [0.3, 0.4) is 0 Å². The van der Waals surface area contributed by atoms with Crippen LogP contribution in [0, 0.1) is 0 Å². The Kier molecular flexibility index (Phi) is 4.86. The fourth-order valence-corrected chi connectivity index (χ4v) is 3.55. The maximum Gasteiger partial charge on any atom is 0.183 e. The van der Waals surface area contributed by atoms with Crippen molar-refractivity contribution >= 4 is 44.8 Å². The molecular formula is C13H11BrO2S2. The number of halogens is 1. The summed E-state index contributed by atoms with van der Waals surface area (Å²) in [6.45, 7) is 0. The Morgan fingerprint density at radius 1 is 1.28 bits per heavy atom. The van der Waals surface area contributed by atoms with Crippen LogP contribution >= 0.6 is 39.0 Å². The van der Waals surface area contributed by atoms with Gasteiger partial charge >= 0.3 is 0 Å². The van der Waals surface area contributed by atoms with Crippen LogP contribution in [0.25, 0.3) is 0 Å². The van der Waals surface area contributed by atoms with Crippen molar-refractivity contribution in [3.8, 4) is 5.75 Å². The maximum absolute atomic E-state index is 11.9. The van der Waals surface area contributed by atoms with E-state index in [-0.39, 0.29) is 5.78 Å². The highest BCUT2D eigenvalue weighted by atomic mass is 79.9. The number of ketones is 1. The summed E-state index contributed by atoms with van der Waals surface area (Å²) in [6.07, 6.45) is 0. The minimum atomic E-state index is 0.159. The van der Waals surface area contributed by atoms with E-state index in [1.54, 1.807) is 7.11 Å². The summed E-state index contributed by atoms with van der Waals surface area (Å²) in [5.74, 6) is 1.44. The first-order valence-corrected chi connectivity index (χ1v) is 7.84. The lowest BCUT2D eigenvalue weighted by atomic mass is 10.3. The second kappa shape index (κ2) is 6.41. The van der Waals surface area contributed by atoms with E-state index >= 15 is 0 Å². The summed E-state index contributed by atoms with van der Waals surface area (Å²) in [7, 11) is 1.64. The Labute approximate surface area is 122 Å². The molecule has 0 bridgehead atoms. The molecule has 2 nitrogen and oxygen atoms in total. The number of carbonyl (C=O) groups is 1. The molecule has 0 saturated heterocycles. The number of rotatable bonds is 5. The van der Waals surface area contributed by atoms with Crippen LogP contribution in [0.1, 0.15) is 9.67 Å². The van der Waals surface area contributed by atoms with Gasteiger partial charge in [-0.25, -0.2) is 0 Å². The minimum Gasteiger partial charge on any atom is -0.497 e. The van der Waals surface area contributed by atoms with E-state index in [0.717, 1.165) is 19.3 Å². The van der Waals surface area contributed by atoms with Gasteiger partial charge in [0.05, 0.1) is 21.5 Å². The van der Waals surface area contributed by atoms with Crippen LogP contribution in [0.4, 0.5) is 0 Å². The van der Waals surface area contributed by atoms with Crippen molar-refractivity contribution in [3.63, 3.8) is 0 Å². The van der Waals surface area contributed by atoms with Crippen LogP contribution in [0.5, 0.6) is 5.75 Å². The Hall–Kier alpha value is -0.780. The average molecular weight is 343 g/mol. The molecule has 18 heavy (non-hydrogen) atoms. The molecule has 0 spiro atoms. The van der Waals surface area contributed by atoms with Gasteiger partial charge in [0.1, 0.15) is 5.75 Å². The number of benzene rings is 1. The number of thiophene rings is 1. The lowest BCUT2D eigenvalue weighted by Crippen LogP contribution is -1.98. The third kappa shape index (κ3) is 3.60. The quantitative estimate of drug-likeness (QED) is 0.591. The fourth-order valence-electron chi connectivity index (χ4n) is 1.36. The van der Waals surface area contributed by atoms with E-state index in [9.17, 15) is 4.79 Å². The van der Waals surface area contributed by atoms with Crippen molar-refractivity contribution in [3.05, 3.63) is 45.1 Å². The van der Waals surface area contributed by atoms with E-state index in [1.807, 2.05) is 36.4 Å². The summed E-state index contributed by atoms with van der Waals surface area (Å²) < 4.78 is 6.07. The number of methoxy groups -OCH3 is 1. The predicted octanol–water partition coefficient (Wildman–Crippen LogP) is 4.49. The molecule has 0 fully saturated rings. The summed E-state index contributed by atoms with van der Waals surface area (Å²) in [5, 5.41) is 0. The van der Waals surface area contributed by atoms with Crippen LogP contribution in [0.15, 0.2) is 45.1 Å². The smallest absolute Gasteiger partial charge is 0.183 e. The molecule has 0 amide bonds. The lowest BCUT2D eigenvalue weighted by Gasteiger charge is -2.02. The van der Waals surface area contributed by atoms with Crippen molar-refractivity contribution in [2.24, 2.45) is 0 Å². The minimum absolute atomic E-state index is 0.159. The molecule has 1 aromatic carbocycles. The Morgan fingerprint density at radius 2 is 2.00 bits per heavy atom. The molecular weight excluding hydrogens is 332 g/mol. The number of carbonyl (C=O) groups excluding carboxylic acids is 1. The van der Waals surface area contributed by atoms with Gasteiger partial charge in [-0.05, 0) is 52.3 Å². The molecule has 1 heterocycles. The first-order valence-electron chi connectivity index (χ1n) is 5.24. The van der Waals surface area contributed by atoms with Gasteiger partial charge in [0.25, 0.3) is 0 Å². The molecule has 0 aliphatic rings. The van der Waals surface area contributed by atoms with E-state index < -0.39 is 0 Å². The van der Waals surface area contributed by atoms with Gasteiger partial charge < -0.3 is 4.74 Å². The average Bonchev–Trinajstić information content (AvgIpc) is 2.83. The van der Waals surface area contributed by atoms with Crippen LogP contribution < -0.4 is 4.74 Å². The van der Waals surface area contributed by atoms with Gasteiger partial charge in [-0.1, -0.05) is 0 Å². The summed E-state index contributed by atoms with van der Waals surface area (Å²) in [4.78, 5) is 13.8. The fraction of sp³-hybridized carbons (Fsp3) is 0.154. The molecule has 2 aromatic rings. The number of hydrogen-bond acceptors (Lipinski definition) is 4. The largest absolute Gasteiger partial charge is 0.497 e. The van der Waals surface area contributed by atoms with Crippen molar-refractivity contribution < 1.29 is 9.53 Å². The molecule has 0 saturated carbocycles.